The summed E-state index contributed by atoms with van der Waals surface area (Å²) in [5, 5.41) is 16.4. The van der Waals surface area contributed by atoms with Crippen LogP contribution in [0, 0.1) is 0 Å². The molecule has 1 aliphatic carbocycles. The zero-order chi connectivity index (χ0) is 22.3. The van der Waals surface area contributed by atoms with Crippen LogP contribution in [0.5, 0.6) is 0 Å². The van der Waals surface area contributed by atoms with Gasteiger partial charge in [-0.05, 0) is 44.4 Å². The van der Waals surface area contributed by atoms with Crippen molar-refractivity contribution in [2.75, 3.05) is 0 Å². The van der Waals surface area contributed by atoms with Crippen LogP contribution in [-0.2, 0) is 14.4 Å². The van der Waals surface area contributed by atoms with E-state index in [9.17, 15) is 24.3 Å². The third-order valence-electron chi connectivity index (χ3n) is 5.65. The molecule has 4 atom stereocenters. The molecular formula is C21H22N3NaO6S. The third-order valence-corrected chi connectivity index (χ3v) is 7.22. The SMILES string of the molecule is CC1(C)S[C@@H]2[C@H](NC(=O)C(NC(=O)c3ccco3)C3=CCC=CC3)C(=O)N2[C@H]1C(=O)[O-].[Na+]. The molecule has 0 radical (unpaired) electrons. The van der Waals surface area contributed by atoms with Gasteiger partial charge in [0.1, 0.15) is 17.5 Å². The van der Waals surface area contributed by atoms with E-state index < -0.39 is 51.9 Å². The molecule has 2 saturated heterocycles. The molecule has 2 N–H and O–H groups in total. The summed E-state index contributed by atoms with van der Waals surface area (Å²) in [4.78, 5) is 51.1. The summed E-state index contributed by atoms with van der Waals surface area (Å²) in [5.74, 6) is -2.80. The van der Waals surface area contributed by atoms with Crippen molar-refractivity contribution >= 4 is 35.5 Å². The van der Waals surface area contributed by atoms with Crippen LogP contribution in [0.4, 0.5) is 0 Å². The van der Waals surface area contributed by atoms with Gasteiger partial charge >= 0.3 is 29.6 Å². The van der Waals surface area contributed by atoms with Crippen LogP contribution < -0.4 is 45.3 Å². The summed E-state index contributed by atoms with van der Waals surface area (Å²) >= 11 is 1.31. The van der Waals surface area contributed by atoms with Crippen LogP contribution >= 0.6 is 11.8 Å². The summed E-state index contributed by atoms with van der Waals surface area (Å²) < 4.78 is 4.36. The van der Waals surface area contributed by atoms with E-state index in [1.165, 1.54) is 29.0 Å². The average molecular weight is 467 g/mol. The number of allylic oxidation sites excluding steroid dienone is 3. The van der Waals surface area contributed by atoms with Crippen molar-refractivity contribution < 1.29 is 58.3 Å². The zero-order valence-electron chi connectivity index (χ0n) is 18.0. The Hall–Kier alpha value is -2.01. The second kappa shape index (κ2) is 9.46. The first kappa shape index (κ1) is 24.6. The largest absolute Gasteiger partial charge is 1.00 e. The van der Waals surface area contributed by atoms with Gasteiger partial charge in [0, 0.05) is 4.75 Å². The molecule has 0 bridgehead atoms. The number of carboxylic acid groups (broad SMARTS) is 1. The van der Waals surface area contributed by atoms with Gasteiger partial charge in [0.25, 0.3) is 5.91 Å². The third kappa shape index (κ3) is 4.41. The van der Waals surface area contributed by atoms with Crippen LogP contribution in [0.1, 0.15) is 37.2 Å². The summed E-state index contributed by atoms with van der Waals surface area (Å²) in [5.41, 5.74) is 0.704. The van der Waals surface area contributed by atoms with Gasteiger partial charge in [-0.1, -0.05) is 18.2 Å². The number of furan rings is 1. The molecule has 1 aromatic heterocycles. The van der Waals surface area contributed by atoms with Crippen LogP contribution in [0.2, 0.25) is 0 Å². The number of aliphatic carboxylic acids is 1. The van der Waals surface area contributed by atoms with E-state index in [4.69, 9.17) is 4.42 Å². The van der Waals surface area contributed by atoms with Gasteiger partial charge in [0.15, 0.2) is 5.76 Å². The van der Waals surface area contributed by atoms with E-state index in [-0.39, 0.29) is 35.3 Å². The van der Waals surface area contributed by atoms with E-state index in [0.717, 1.165) is 0 Å². The number of fused-ring (bicyclic) bond motifs is 1. The van der Waals surface area contributed by atoms with Crippen LogP contribution in [-0.4, -0.2) is 56.8 Å². The maximum Gasteiger partial charge on any atom is 1.00 e. The fraction of sp³-hybridized carbons (Fsp3) is 0.429. The monoisotopic (exact) mass is 467 g/mol. The minimum atomic E-state index is -1.32. The molecule has 1 aromatic rings. The summed E-state index contributed by atoms with van der Waals surface area (Å²) in [6, 6.07) is 0.138. The molecule has 0 saturated carbocycles. The summed E-state index contributed by atoms with van der Waals surface area (Å²) in [7, 11) is 0. The molecule has 32 heavy (non-hydrogen) atoms. The van der Waals surface area contributed by atoms with Gasteiger partial charge in [-0.3, -0.25) is 14.4 Å². The van der Waals surface area contributed by atoms with E-state index in [1.54, 1.807) is 19.9 Å². The number of rotatable bonds is 6. The number of nitrogens with one attached hydrogen (secondary N) is 2. The molecule has 4 rings (SSSR count). The molecule has 2 fully saturated rings. The Balaban J connectivity index is 0.00000289. The number of nitrogens with zero attached hydrogens (tertiary/aromatic N) is 1. The molecule has 3 aliphatic rings. The summed E-state index contributed by atoms with van der Waals surface area (Å²) in [6.07, 6.45) is 8.20. The number of hydrogen-bond donors (Lipinski definition) is 2. The molecule has 9 nitrogen and oxygen atoms in total. The molecule has 0 aromatic carbocycles. The first-order valence-corrected chi connectivity index (χ1v) is 10.8. The summed E-state index contributed by atoms with van der Waals surface area (Å²) in [6.45, 7) is 3.46. The number of carbonyl (C=O) groups is 4. The predicted molar refractivity (Wildman–Crippen MR) is 109 cm³/mol. The Bertz CT molecular complexity index is 990. The van der Waals surface area contributed by atoms with Crippen LogP contribution in [0.3, 0.4) is 0 Å². The first-order valence-electron chi connectivity index (χ1n) is 9.90. The topological polar surface area (TPSA) is 132 Å². The molecule has 0 spiro atoms. The number of carboxylic acids is 1. The van der Waals surface area contributed by atoms with Crippen molar-refractivity contribution in [1.29, 1.82) is 0 Å². The smallest absolute Gasteiger partial charge is 0.548 e. The van der Waals surface area contributed by atoms with Crippen LogP contribution in [0.15, 0.2) is 46.6 Å². The molecule has 164 valence electrons. The predicted octanol–water partition coefficient (Wildman–Crippen LogP) is -3.04. The van der Waals surface area contributed by atoms with Crippen molar-refractivity contribution in [2.24, 2.45) is 0 Å². The first-order chi connectivity index (χ1) is 14.7. The van der Waals surface area contributed by atoms with E-state index in [0.29, 0.717) is 18.4 Å². The van der Waals surface area contributed by atoms with Crippen molar-refractivity contribution in [2.45, 2.75) is 54.9 Å². The van der Waals surface area contributed by atoms with Gasteiger partial charge in [0.05, 0.1) is 18.3 Å². The second-order valence-electron chi connectivity index (χ2n) is 8.14. The maximum atomic E-state index is 13.1. The number of β-lactam (4-membered cyclic amide) rings is 1. The normalized spacial score (nSPS) is 26.2. The number of thioether (sulfide) groups is 1. The molecule has 3 heterocycles. The molecule has 1 unspecified atom stereocenters. The van der Waals surface area contributed by atoms with E-state index >= 15 is 0 Å². The molecular weight excluding hydrogens is 445 g/mol. The Morgan fingerprint density at radius 3 is 2.66 bits per heavy atom. The van der Waals surface area contributed by atoms with Gasteiger partial charge < -0.3 is 29.9 Å². The van der Waals surface area contributed by atoms with Crippen molar-refractivity contribution in [3.05, 3.63) is 48.0 Å². The number of carbonyl (C=O) groups excluding carboxylic acids is 4. The molecule has 3 amide bonds. The molecule has 2 aliphatic heterocycles. The Morgan fingerprint density at radius 1 is 1.31 bits per heavy atom. The maximum absolute atomic E-state index is 13.1. The minimum Gasteiger partial charge on any atom is -0.548 e. The van der Waals surface area contributed by atoms with Gasteiger partial charge in [0.2, 0.25) is 11.8 Å². The standard InChI is InChI=1S/C21H23N3O6S.Na/c1-21(2)15(20(28)29)24-18(27)14(19(24)31-21)23-17(26)13(11-7-4-3-5-8-11)22-16(25)12-9-6-10-30-12;/h3-4,6,8-10,13-15,19H,5,7H2,1-2H3,(H,22,25)(H,23,26)(H,28,29);/q;+1/p-1/t13?,14-,15+,19-;/m1./s1. The Labute approximate surface area is 211 Å². The van der Waals surface area contributed by atoms with Crippen molar-refractivity contribution in [1.82, 2.24) is 15.5 Å². The van der Waals surface area contributed by atoms with Gasteiger partial charge in [-0.2, -0.15) is 0 Å². The fourth-order valence-corrected chi connectivity index (χ4v) is 5.77. The van der Waals surface area contributed by atoms with Gasteiger partial charge in [-0.25, -0.2) is 0 Å². The quantitative estimate of drug-likeness (QED) is 0.258. The average Bonchev–Trinajstić information content (AvgIpc) is 3.35. The van der Waals surface area contributed by atoms with E-state index in [1.807, 2.05) is 18.2 Å². The van der Waals surface area contributed by atoms with Gasteiger partial charge in [-0.15, -0.1) is 11.8 Å². The minimum absolute atomic E-state index is 0. The fourth-order valence-electron chi connectivity index (χ4n) is 4.15. The Morgan fingerprint density at radius 2 is 2.06 bits per heavy atom. The van der Waals surface area contributed by atoms with Crippen molar-refractivity contribution in [3.63, 3.8) is 0 Å². The molecule has 11 heteroatoms. The number of hydrogen-bond acceptors (Lipinski definition) is 7. The Kier molecular flexibility index (Phi) is 7.28. The van der Waals surface area contributed by atoms with Crippen molar-refractivity contribution in [3.8, 4) is 0 Å². The zero-order valence-corrected chi connectivity index (χ0v) is 20.8. The second-order valence-corrected chi connectivity index (χ2v) is 9.91. The van der Waals surface area contributed by atoms with Crippen LogP contribution in [0.25, 0.3) is 0 Å². The number of amides is 3. The van der Waals surface area contributed by atoms with E-state index in [2.05, 4.69) is 10.6 Å².